The lowest BCUT2D eigenvalue weighted by Crippen LogP contribution is -2.06. The van der Waals surface area contributed by atoms with E-state index in [2.05, 4.69) is 22.3 Å². The van der Waals surface area contributed by atoms with Gasteiger partial charge in [0.05, 0.1) is 17.6 Å². The van der Waals surface area contributed by atoms with Gasteiger partial charge in [0, 0.05) is 26.0 Å². The van der Waals surface area contributed by atoms with Gasteiger partial charge in [0.15, 0.2) is 0 Å². The van der Waals surface area contributed by atoms with Gasteiger partial charge in [-0.3, -0.25) is 9.25 Å². The topological polar surface area (TPSA) is 47.7 Å². The van der Waals surface area contributed by atoms with Crippen LogP contribution in [0.4, 0.5) is 5.95 Å². The molecule has 0 aliphatic carbocycles. The van der Waals surface area contributed by atoms with Gasteiger partial charge < -0.3 is 5.32 Å². The lowest BCUT2D eigenvalue weighted by atomic mass is 10.3. The lowest BCUT2D eigenvalue weighted by molar-refractivity contribution is 0.767. The van der Waals surface area contributed by atoms with Crippen LogP contribution in [0, 0.1) is 6.92 Å². The summed E-state index contributed by atoms with van der Waals surface area (Å²) < 4.78 is 3.83. The van der Waals surface area contributed by atoms with Crippen LogP contribution in [-0.2, 0) is 7.05 Å². The molecule has 0 amide bonds. The molecule has 0 spiro atoms. The van der Waals surface area contributed by atoms with Crippen molar-refractivity contribution in [3.63, 3.8) is 0 Å². The quantitative estimate of drug-likeness (QED) is 0.805. The van der Waals surface area contributed by atoms with Crippen molar-refractivity contribution in [2.75, 3.05) is 11.9 Å². The van der Waals surface area contributed by atoms with Crippen LogP contribution in [0.2, 0.25) is 0 Å². The van der Waals surface area contributed by atoms with Gasteiger partial charge in [-0.2, -0.15) is 5.10 Å². The lowest BCUT2D eigenvalue weighted by Gasteiger charge is -2.06. The number of nitrogens with one attached hydrogen (secondary N) is 1. The zero-order valence-electron chi connectivity index (χ0n) is 10.6. The molecule has 0 radical (unpaired) electrons. The number of hydrogen-bond acceptors (Lipinski definition) is 3. The molecule has 0 saturated heterocycles. The van der Waals surface area contributed by atoms with Crippen LogP contribution in [-0.4, -0.2) is 25.9 Å². The molecule has 0 aliphatic rings. The predicted molar refractivity (Wildman–Crippen MR) is 68.5 cm³/mol. The first-order valence-electron chi connectivity index (χ1n) is 5.99. The molecule has 0 saturated carbocycles. The summed E-state index contributed by atoms with van der Waals surface area (Å²) in [7, 11) is 1.91. The highest BCUT2D eigenvalue weighted by molar-refractivity contribution is 5.40. The Hall–Kier alpha value is -1.78. The zero-order valence-corrected chi connectivity index (χ0v) is 10.6. The van der Waals surface area contributed by atoms with Crippen molar-refractivity contribution >= 4 is 5.95 Å². The Balaban J connectivity index is 2.21. The Bertz CT molecular complexity index is 483. The fourth-order valence-corrected chi connectivity index (χ4v) is 1.73. The number of anilines is 1. The molecule has 0 aromatic carbocycles. The van der Waals surface area contributed by atoms with E-state index in [-0.39, 0.29) is 0 Å². The van der Waals surface area contributed by atoms with Gasteiger partial charge in [0.25, 0.3) is 0 Å². The molecule has 0 fully saturated rings. The highest BCUT2D eigenvalue weighted by Crippen LogP contribution is 2.15. The summed E-state index contributed by atoms with van der Waals surface area (Å²) in [5.74, 6) is 0.893. The van der Waals surface area contributed by atoms with E-state index in [4.69, 9.17) is 0 Å². The number of imidazole rings is 1. The summed E-state index contributed by atoms with van der Waals surface area (Å²) in [4.78, 5) is 4.48. The molecule has 1 N–H and O–H groups in total. The molecule has 2 aromatic heterocycles. The minimum Gasteiger partial charge on any atom is -0.355 e. The third-order valence-corrected chi connectivity index (χ3v) is 2.61. The smallest absolute Gasteiger partial charge is 0.207 e. The summed E-state index contributed by atoms with van der Waals surface area (Å²) in [6.07, 6.45) is 8.17. The molecule has 5 nitrogen and oxygen atoms in total. The summed E-state index contributed by atoms with van der Waals surface area (Å²) in [6, 6.07) is 0. The fraction of sp³-hybridized carbons (Fsp3) is 0.500. The largest absolute Gasteiger partial charge is 0.355 e. The number of rotatable bonds is 5. The molecule has 2 aromatic rings. The highest BCUT2D eigenvalue weighted by Gasteiger charge is 2.08. The summed E-state index contributed by atoms with van der Waals surface area (Å²) >= 11 is 0. The van der Waals surface area contributed by atoms with Crippen molar-refractivity contribution in [3.05, 3.63) is 24.3 Å². The monoisotopic (exact) mass is 233 g/mol. The maximum absolute atomic E-state index is 4.48. The van der Waals surface area contributed by atoms with Crippen molar-refractivity contribution in [2.45, 2.75) is 26.7 Å². The predicted octanol–water partition coefficient (Wildman–Crippen LogP) is 2.13. The number of aromatic nitrogens is 4. The van der Waals surface area contributed by atoms with Crippen LogP contribution in [0.25, 0.3) is 5.69 Å². The van der Waals surface area contributed by atoms with Gasteiger partial charge >= 0.3 is 0 Å². The van der Waals surface area contributed by atoms with E-state index in [1.807, 2.05) is 37.1 Å². The molecule has 2 rings (SSSR count). The first-order valence-corrected chi connectivity index (χ1v) is 5.99. The third-order valence-electron chi connectivity index (χ3n) is 2.61. The molecule has 2 heterocycles. The van der Waals surface area contributed by atoms with Gasteiger partial charge in [0.2, 0.25) is 5.95 Å². The second kappa shape index (κ2) is 5.03. The maximum atomic E-state index is 4.48. The Morgan fingerprint density at radius 3 is 2.82 bits per heavy atom. The van der Waals surface area contributed by atoms with Crippen LogP contribution < -0.4 is 5.32 Å². The van der Waals surface area contributed by atoms with Crippen molar-refractivity contribution < 1.29 is 0 Å². The van der Waals surface area contributed by atoms with Crippen LogP contribution in [0.1, 0.15) is 25.5 Å². The number of hydrogen-bond donors (Lipinski definition) is 1. The Morgan fingerprint density at radius 1 is 1.35 bits per heavy atom. The van der Waals surface area contributed by atoms with E-state index in [1.54, 1.807) is 4.68 Å². The Morgan fingerprint density at radius 2 is 2.18 bits per heavy atom. The summed E-state index contributed by atoms with van der Waals surface area (Å²) in [6.45, 7) is 5.13. The second-order valence-corrected chi connectivity index (χ2v) is 4.23. The minimum atomic E-state index is 0.893. The SMILES string of the molecule is CCCCNc1nc(C)cn1-c1cnn(C)c1. The Kier molecular flexibility index (Phi) is 3.46. The molecular formula is C12H19N5. The van der Waals surface area contributed by atoms with Gasteiger partial charge in [-0.1, -0.05) is 13.3 Å². The van der Waals surface area contributed by atoms with E-state index in [0.29, 0.717) is 0 Å². The van der Waals surface area contributed by atoms with Gasteiger partial charge in [-0.05, 0) is 13.3 Å². The molecule has 17 heavy (non-hydrogen) atoms. The van der Waals surface area contributed by atoms with Gasteiger partial charge in [0.1, 0.15) is 0 Å². The first kappa shape index (κ1) is 11.7. The summed E-state index contributed by atoms with van der Waals surface area (Å²) in [5.41, 5.74) is 2.04. The minimum absolute atomic E-state index is 0.893. The van der Waals surface area contributed by atoms with E-state index in [0.717, 1.165) is 30.3 Å². The van der Waals surface area contributed by atoms with E-state index in [1.165, 1.54) is 6.42 Å². The van der Waals surface area contributed by atoms with E-state index >= 15 is 0 Å². The maximum Gasteiger partial charge on any atom is 0.207 e. The molecule has 0 unspecified atom stereocenters. The molecule has 0 bridgehead atoms. The zero-order chi connectivity index (χ0) is 12.3. The number of aryl methyl sites for hydroxylation is 2. The van der Waals surface area contributed by atoms with E-state index in [9.17, 15) is 0 Å². The standard InChI is InChI=1S/C12H19N5/c1-4-5-6-13-12-15-10(2)8-17(12)11-7-14-16(3)9-11/h7-9H,4-6H2,1-3H3,(H,13,15). The van der Waals surface area contributed by atoms with Gasteiger partial charge in [-0.15, -0.1) is 0 Å². The first-order chi connectivity index (χ1) is 8.20. The average Bonchev–Trinajstić information content (AvgIpc) is 2.85. The molecule has 5 heteroatoms. The van der Waals surface area contributed by atoms with Crippen LogP contribution >= 0.6 is 0 Å². The highest BCUT2D eigenvalue weighted by atomic mass is 15.3. The fourth-order valence-electron chi connectivity index (χ4n) is 1.73. The van der Waals surface area contributed by atoms with Crippen LogP contribution in [0.3, 0.4) is 0 Å². The van der Waals surface area contributed by atoms with Gasteiger partial charge in [-0.25, -0.2) is 4.98 Å². The summed E-state index contributed by atoms with van der Waals surface area (Å²) in [5, 5.41) is 7.54. The molecule has 0 atom stereocenters. The van der Waals surface area contributed by atoms with E-state index < -0.39 is 0 Å². The Labute approximate surface area is 101 Å². The van der Waals surface area contributed by atoms with Crippen LogP contribution in [0.15, 0.2) is 18.6 Å². The third kappa shape index (κ3) is 2.67. The van der Waals surface area contributed by atoms with Crippen molar-refractivity contribution in [2.24, 2.45) is 7.05 Å². The number of unbranched alkanes of at least 4 members (excludes halogenated alkanes) is 1. The van der Waals surface area contributed by atoms with Crippen LogP contribution in [0.5, 0.6) is 0 Å². The molecule has 92 valence electrons. The van der Waals surface area contributed by atoms with Crippen molar-refractivity contribution in [1.82, 2.24) is 19.3 Å². The normalized spacial score (nSPS) is 10.8. The van der Waals surface area contributed by atoms with Crippen molar-refractivity contribution in [1.29, 1.82) is 0 Å². The average molecular weight is 233 g/mol. The number of nitrogens with zero attached hydrogens (tertiary/aromatic N) is 4. The van der Waals surface area contributed by atoms with Crippen molar-refractivity contribution in [3.8, 4) is 5.69 Å². The molecular weight excluding hydrogens is 214 g/mol. The second-order valence-electron chi connectivity index (χ2n) is 4.23. The molecule has 0 aliphatic heterocycles.